The molecule has 1 aliphatic heterocycles. The Morgan fingerprint density at radius 3 is 2.39 bits per heavy atom. The molecule has 1 fully saturated rings. The van der Waals surface area contributed by atoms with Gasteiger partial charge in [0.05, 0.1) is 6.10 Å². The van der Waals surface area contributed by atoms with E-state index >= 15 is 0 Å². The highest BCUT2D eigenvalue weighted by molar-refractivity contribution is 7.83. The first kappa shape index (κ1) is 18.4. The van der Waals surface area contributed by atoms with Gasteiger partial charge in [-0.05, 0) is 37.9 Å². The zero-order chi connectivity index (χ0) is 16.7. The number of piperidine rings is 1. The second kappa shape index (κ2) is 8.75. The van der Waals surface area contributed by atoms with E-state index in [0.717, 1.165) is 35.8 Å². The summed E-state index contributed by atoms with van der Waals surface area (Å²) in [7, 11) is -4.32. The molecule has 130 valence electrons. The quantitative estimate of drug-likeness (QED) is 0.694. The Bertz CT molecular complexity index is 559. The highest BCUT2D eigenvalue weighted by atomic mass is 32.2. The molecule has 6 nitrogen and oxygen atoms in total. The second-order valence-corrected chi connectivity index (χ2v) is 7.50. The van der Waals surface area contributed by atoms with Crippen LogP contribution in [-0.4, -0.2) is 66.1 Å². The Hall–Kier alpha value is -0.990. The van der Waals surface area contributed by atoms with Crippen LogP contribution in [0.3, 0.4) is 0 Å². The minimum atomic E-state index is -4.32. The van der Waals surface area contributed by atoms with E-state index in [9.17, 15) is 18.1 Å². The van der Waals surface area contributed by atoms with Crippen molar-refractivity contribution in [1.29, 1.82) is 0 Å². The van der Waals surface area contributed by atoms with E-state index < -0.39 is 16.4 Å². The fraction of sp³-hybridized carbons (Fsp3) is 0.625. The summed E-state index contributed by atoms with van der Waals surface area (Å²) in [5.74, 6) is 0. The summed E-state index contributed by atoms with van der Waals surface area (Å²) in [5.41, 5.74) is 0.992. The molecule has 23 heavy (non-hydrogen) atoms. The first-order valence-electron chi connectivity index (χ1n) is 8.12. The van der Waals surface area contributed by atoms with Crippen molar-refractivity contribution in [3.05, 3.63) is 35.9 Å². The molecule has 1 atom stereocenters. The average molecular weight is 342 g/mol. The van der Waals surface area contributed by atoms with Crippen LogP contribution in [0.1, 0.15) is 24.8 Å². The molecular formula is C16H26N2O4S. The molecule has 0 saturated carbocycles. The molecule has 1 unspecified atom stereocenters. The topological polar surface area (TPSA) is 81.1 Å². The molecular weight excluding hydrogens is 316 g/mol. The zero-order valence-corrected chi connectivity index (χ0v) is 14.2. The molecule has 1 aromatic carbocycles. The van der Waals surface area contributed by atoms with Gasteiger partial charge in [-0.1, -0.05) is 36.8 Å². The van der Waals surface area contributed by atoms with Crippen LogP contribution in [0, 0.1) is 0 Å². The number of aliphatic hydroxyl groups is 1. The SMILES string of the molecule is O=S(=O)(O)N(CCc1ccccc1)CC(O)CN1CCCCC1. The minimum absolute atomic E-state index is 0.0812. The Balaban J connectivity index is 1.87. The van der Waals surface area contributed by atoms with Crippen molar-refractivity contribution in [3.8, 4) is 0 Å². The lowest BCUT2D eigenvalue weighted by molar-refractivity contribution is 0.0840. The van der Waals surface area contributed by atoms with E-state index in [-0.39, 0.29) is 13.1 Å². The summed E-state index contributed by atoms with van der Waals surface area (Å²) in [6, 6.07) is 9.49. The Kier molecular flexibility index (Phi) is 6.98. The maximum Gasteiger partial charge on any atom is 0.336 e. The van der Waals surface area contributed by atoms with Gasteiger partial charge in [-0.2, -0.15) is 12.7 Å². The van der Waals surface area contributed by atoms with Crippen LogP contribution in [0.2, 0.25) is 0 Å². The van der Waals surface area contributed by atoms with Crippen LogP contribution < -0.4 is 0 Å². The van der Waals surface area contributed by atoms with Gasteiger partial charge in [0.1, 0.15) is 0 Å². The molecule has 2 rings (SSSR count). The van der Waals surface area contributed by atoms with Crippen molar-refractivity contribution in [2.75, 3.05) is 32.7 Å². The predicted molar refractivity (Wildman–Crippen MR) is 89.6 cm³/mol. The van der Waals surface area contributed by atoms with E-state index in [2.05, 4.69) is 4.90 Å². The maximum atomic E-state index is 11.5. The molecule has 1 aromatic rings. The van der Waals surface area contributed by atoms with Crippen LogP contribution in [0.5, 0.6) is 0 Å². The summed E-state index contributed by atoms with van der Waals surface area (Å²) >= 11 is 0. The predicted octanol–water partition coefficient (Wildman–Crippen LogP) is 1.18. The Labute approximate surface area is 138 Å². The normalized spacial score (nSPS) is 18.2. The Morgan fingerprint density at radius 1 is 1.13 bits per heavy atom. The number of β-amino-alcohol motifs (C(OH)–C–C–N with tert-alkyl or cyclic N) is 1. The van der Waals surface area contributed by atoms with Gasteiger partial charge in [-0.15, -0.1) is 0 Å². The monoisotopic (exact) mass is 342 g/mol. The van der Waals surface area contributed by atoms with E-state index in [4.69, 9.17) is 0 Å². The molecule has 0 radical (unpaired) electrons. The zero-order valence-electron chi connectivity index (χ0n) is 13.3. The van der Waals surface area contributed by atoms with Crippen molar-refractivity contribution in [3.63, 3.8) is 0 Å². The number of hydrogen-bond donors (Lipinski definition) is 2. The lowest BCUT2D eigenvalue weighted by atomic mass is 10.1. The molecule has 1 aliphatic rings. The van der Waals surface area contributed by atoms with Crippen molar-refractivity contribution in [2.45, 2.75) is 31.8 Å². The van der Waals surface area contributed by atoms with Crippen molar-refractivity contribution >= 4 is 10.3 Å². The minimum Gasteiger partial charge on any atom is -0.390 e. The number of nitrogens with zero attached hydrogens (tertiary/aromatic N) is 2. The molecule has 0 bridgehead atoms. The smallest absolute Gasteiger partial charge is 0.336 e. The maximum absolute atomic E-state index is 11.5. The van der Waals surface area contributed by atoms with Gasteiger partial charge in [-0.3, -0.25) is 4.55 Å². The van der Waals surface area contributed by atoms with E-state index in [1.54, 1.807) is 0 Å². The molecule has 0 amide bonds. The van der Waals surface area contributed by atoms with Crippen LogP contribution in [0.15, 0.2) is 30.3 Å². The van der Waals surface area contributed by atoms with Crippen LogP contribution in [-0.2, 0) is 16.7 Å². The largest absolute Gasteiger partial charge is 0.390 e. The summed E-state index contributed by atoms with van der Waals surface area (Å²) in [5, 5.41) is 10.2. The van der Waals surface area contributed by atoms with E-state index in [1.165, 1.54) is 6.42 Å². The molecule has 2 N–H and O–H groups in total. The molecule has 1 saturated heterocycles. The highest BCUT2D eigenvalue weighted by Gasteiger charge is 2.24. The third kappa shape index (κ3) is 6.56. The fourth-order valence-corrected chi connectivity index (χ4v) is 3.61. The Morgan fingerprint density at radius 2 is 1.78 bits per heavy atom. The number of aliphatic hydroxyl groups excluding tert-OH is 1. The van der Waals surface area contributed by atoms with Crippen molar-refractivity contribution < 1.29 is 18.1 Å². The first-order valence-corrected chi connectivity index (χ1v) is 9.52. The van der Waals surface area contributed by atoms with Crippen molar-refractivity contribution in [1.82, 2.24) is 9.21 Å². The fourth-order valence-electron chi connectivity index (χ4n) is 2.93. The first-order chi connectivity index (χ1) is 10.9. The summed E-state index contributed by atoms with van der Waals surface area (Å²) < 4.78 is 33.4. The lowest BCUT2D eigenvalue weighted by Crippen LogP contribution is -2.44. The molecule has 7 heteroatoms. The number of hydrogen-bond acceptors (Lipinski definition) is 4. The van der Waals surface area contributed by atoms with Crippen molar-refractivity contribution in [2.24, 2.45) is 0 Å². The van der Waals surface area contributed by atoms with Gasteiger partial charge >= 0.3 is 10.3 Å². The third-order valence-electron chi connectivity index (χ3n) is 4.15. The molecule has 0 spiro atoms. The average Bonchev–Trinajstić information content (AvgIpc) is 2.52. The second-order valence-electron chi connectivity index (χ2n) is 6.09. The van der Waals surface area contributed by atoms with Gasteiger partial charge < -0.3 is 10.0 Å². The molecule has 0 aliphatic carbocycles. The summed E-state index contributed by atoms with van der Waals surface area (Å²) in [6.07, 6.45) is 3.13. The summed E-state index contributed by atoms with van der Waals surface area (Å²) in [4.78, 5) is 2.15. The third-order valence-corrected chi connectivity index (χ3v) is 5.14. The van der Waals surface area contributed by atoms with Crippen LogP contribution >= 0.6 is 0 Å². The highest BCUT2D eigenvalue weighted by Crippen LogP contribution is 2.11. The molecule has 0 aromatic heterocycles. The van der Waals surface area contributed by atoms with Gasteiger partial charge in [-0.25, -0.2) is 0 Å². The number of likely N-dealkylation sites (tertiary alicyclic amines) is 1. The van der Waals surface area contributed by atoms with Gasteiger partial charge in [0.2, 0.25) is 0 Å². The van der Waals surface area contributed by atoms with E-state index in [1.807, 2.05) is 30.3 Å². The number of benzene rings is 1. The standard InChI is InChI=1S/C16H26N2O4S/c19-16(13-17-10-5-2-6-11-17)14-18(23(20,21)22)12-9-15-7-3-1-4-8-15/h1,3-4,7-8,16,19H,2,5-6,9-14H2,(H,20,21,22). The van der Waals surface area contributed by atoms with Gasteiger partial charge in [0.15, 0.2) is 0 Å². The van der Waals surface area contributed by atoms with E-state index in [0.29, 0.717) is 13.0 Å². The van der Waals surface area contributed by atoms with Gasteiger partial charge in [0, 0.05) is 19.6 Å². The van der Waals surface area contributed by atoms with Gasteiger partial charge in [0.25, 0.3) is 0 Å². The summed E-state index contributed by atoms with van der Waals surface area (Å²) in [6.45, 7) is 2.39. The lowest BCUT2D eigenvalue weighted by Gasteiger charge is -2.30. The van der Waals surface area contributed by atoms with Crippen LogP contribution in [0.25, 0.3) is 0 Å². The molecule has 1 heterocycles. The number of rotatable bonds is 8. The van der Waals surface area contributed by atoms with Crippen LogP contribution in [0.4, 0.5) is 0 Å².